The zero-order valence-electron chi connectivity index (χ0n) is 10.6. The summed E-state index contributed by atoms with van der Waals surface area (Å²) in [6, 6.07) is 1.97. The first-order valence-electron chi connectivity index (χ1n) is 5.85. The van der Waals surface area contributed by atoms with Crippen LogP contribution in [-0.4, -0.2) is 18.2 Å². The third-order valence-corrected chi connectivity index (χ3v) is 2.03. The van der Waals surface area contributed by atoms with E-state index in [2.05, 4.69) is 25.8 Å². The summed E-state index contributed by atoms with van der Waals surface area (Å²) < 4.78 is 11.1. The second-order valence-electron chi connectivity index (χ2n) is 4.35. The molecule has 0 N–H and O–H groups in total. The van der Waals surface area contributed by atoms with E-state index in [0.29, 0.717) is 18.4 Å². The highest BCUT2D eigenvalue weighted by Crippen LogP contribution is 2.20. The minimum absolute atomic E-state index is 0.511. The van der Waals surface area contributed by atoms with Gasteiger partial charge in [0.2, 0.25) is 5.88 Å². The maximum absolute atomic E-state index is 5.59. The van der Waals surface area contributed by atoms with E-state index in [1.165, 1.54) is 0 Å². The Morgan fingerprint density at radius 2 is 2.06 bits per heavy atom. The van der Waals surface area contributed by atoms with Gasteiger partial charge >= 0.3 is 0 Å². The summed E-state index contributed by atoms with van der Waals surface area (Å²) in [6.45, 7) is 9.74. The van der Waals surface area contributed by atoms with E-state index in [4.69, 9.17) is 9.47 Å². The van der Waals surface area contributed by atoms with Gasteiger partial charge in [-0.15, -0.1) is 0 Å². The molecule has 0 bridgehead atoms. The van der Waals surface area contributed by atoms with Gasteiger partial charge in [-0.2, -0.15) is 0 Å². The Kier molecular flexibility index (Phi) is 5.09. The molecule has 90 valence electrons. The summed E-state index contributed by atoms with van der Waals surface area (Å²) in [5.74, 6) is 2.03. The van der Waals surface area contributed by atoms with Crippen LogP contribution < -0.4 is 9.47 Å². The van der Waals surface area contributed by atoms with E-state index in [1.807, 2.05) is 13.0 Å². The molecule has 0 amide bonds. The van der Waals surface area contributed by atoms with E-state index in [1.54, 1.807) is 6.20 Å². The highest BCUT2D eigenvalue weighted by molar-refractivity contribution is 5.32. The molecule has 0 spiro atoms. The molecule has 3 nitrogen and oxygen atoms in total. The van der Waals surface area contributed by atoms with Gasteiger partial charge in [-0.1, -0.05) is 20.8 Å². The van der Waals surface area contributed by atoms with E-state index in [-0.39, 0.29) is 0 Å². The average Bonchev–Trinajstić information content (AvgIpc) is 2.24. The molecular formula is C13H21NO2. The Hall–Kier alpha value is -1.25. The van der Waals surface area contributed by atoms with Gasteiger partial charge in [0.15, 0.2) is 0 Å². The van der Waals surface area contributed by atoms with Crippen LogP contribution in [0.1, 0.15) is 32.8 Å². The van der Waals surface area contributed by atoms with Crippen molar-refractivity contribution in [1.29, 1.82) is 0 Å². The van der Waals surface area contributed by atoms with Gasteiger partial charge in [0.25, 0.3) is 0 Å². The van der Waals surface area contributed by atoms with Crippen LogP contribution in [0.4, 0.5) is 0 Å². The minimum Gasteiger partial charge on any atom is -0.492 e. The lowest BCUT2D eigenvalue weighted by Crippen LogP contribution is -2.07. The second kappa shape index (κ2) is 6.36. The van der Waals surface area contributed by atoms with Crippen LogP contribution in [0.5, 0.6) is 11.6 Å². The normalized spacial score (nSPS) is 10.6. The highest BCUT2D eigenvalue weighted by atomic mass is 16.5. The van der Waals surface area contributed by atoms with Gasteiger partial charge in [-0.3, -0.25) is 0 Å². The molecule has 0 unspecified atom stereocenters. The third kappa shape index (κ3) is 4.09. The molecule has 0 aromatic carbocycles. The standard InChI is InChI=1S/C13H21NO2/c1-5-6-15-12-7-11(4)13(14-8-12)16-9-10(2)3/h7-8,10H,5-6,9H2,1-4H3. The van der Waals surface area contributed by atoms with Crippen LogP contribution in [0.25, 0.3) is 0 Å². The van der Waals surface area contributed by atoms with E-state index in [0.717, 1.165) is 24.3 Å². The van der Waals surface area contributed by atoms with Gasteiger partial charge < -0.3 is 9.47 Å². The maximum atomic E-state index is 5.59. The highest BCUT2D eigenvalue weighted by Gasteiger charge is 2.04. The first-order chi connectivity index (χ1) is 7.63. The summed E-state index contributed by atoms with van der Waals surface area (Å²) >= 11 is 0. The quantitative estimate of drug-likeness (QED) is 0.742. The largest absolute Gasteiger partial charge is 0.492 e. The Balaban J connectivity index is 2.60. The molecule has 0 aliphatic rings. The summed E-state index contributed by atoms with van der Waals surface area (Å²) in [5.41, 5.74) is 1.02. The number of hydrogen-bond acceptors (Lipinski definition) is 3. The van der Waals surface area contributed by atoms with Crippen LogP contribution in [0.3, 0.4) is 0 Å². The topological polar surface area (TPSA) is 31.4 Å². The molecular weight excluding hydrogens is 202 g/mol. The molecule has 0 radical (unpaired) electrons. The molecule has 0 saturated heterocycles. The Bertz CT molecular complexity index is 324. The fourth-order valence-electron chi connectivity index (χ4n) is 1.23. The molecule has 1 aromatic heterocycles. The number of aryl methyl sites for hydroxylation is 1. The monoisotopic (exact) mass is 223 g/mol. The molecule has 0 atom stereocenters. The Morgan fingerprint density at radius 1 is 1.31 bits per heavy atom. The molecule has 0 fully saturated rings. The fourth-order valence-corrected chi connectivity index (χ4v) is 1.23. The summed E-state index contributed by atoms with van der Waals surface area (Å²) in [5, 5.41) is 0. The third-order valence-electron chi connectivity index (χ3n) is 2.03. The lowest BCUT2D eigenvalue weighted by atomic mass is 10.2. The predicted molar refractivity (Wildman–Crippen MR) is 65.1 cm³/mol. The molecule has 1 rings (SSSR count). The van der Waals surface area contributed by atoms with Crippen molar-refractivity contribution < 1.29 is 9.47 Å². The van der Waals surface area contributed by atoms with Gasteiger partial charge in [-0.05, 0) is 25.3 Å². The molecule has 0 saturated carbocycles. The molecule has 1 heterocycles. The van der Waals surface area contributed by atoms with Crippen molar-refractivity contribution >= 4 is 0 Å². The van der Waals surface area contributed by atoms with Crippen LogP contribution >= 0.6 is 0 Å². The molecule has 16 heavy (non-hydrogen) atoms. The van der Waals surface area contributed by atoms with Gasteiger partial charge in [-0.25, -0.2) is 4.98 Å². The van der Waals surface area contributed by atoms with Crippen molar-refractivity contribution in [1.82, 2.24) is 4.98 Å². The summed E-state index contributed by atoms with van der Waals surface area (Å²) in [6.07, 6.45) is 2.73. The van der Waals surface area contributed by atoms with E-state index in [9.17, 15) is 0 Å². The van der Waals surface area contributed by atoms with Crippen molar-refractivity contribution in [2.45, 2.75) is 34.1 Å². The summed E-state index contributed by atoms with van der Waals surface area (Å²) in [7, 11) is 0. The Morgan fingerprint density at radius 3 is 2.62 bits per heavy atom. The van der Waals surface area contributed by atoms with Crippen molar-refractivity contribution in [2.75, 3.05) is 13.2 Å². The van der Waals surface area contributed by atoms with Crippen molar-refractivity contribution in [3.8, 4) is 11.6 Å². The van der Waals surface area contributed by atoms with Crippen LogP contribution in [0.15, 0.2) is 12.3 Å². The number of pyridine rings is 1. The summed E-state index contributed by atoms with van der Waals surface area (Å²) in [4.78, 5) is 4.26. The molecule has 0 aliphatic carbocycles. The lowest BCUT2D eigenvalue weighted by molar-refractivity contribution is 0.257. The second-order valence-corrected chi connectivity index (χ2v) is 4.35. The number of rotatable bonds is 6. The van der Waals surface area contributed by atoms with E-state index < -0.39 is 0 Å². The van der Waals surface area contributed by atoms with Gasteiger partial charge in [0, 0.05) is 5.56 Å². The van der Waals surface area contributed by atoms with Gasteiger partial charge in [0.1, 0.15) is 5.75 Å². The number of aromatic nitrogens is 1. The SMILES string of the molecule is CCCOc1cnc(OCC(C)C)c(C)c1. The maximum Gasteiger partial charge on any atom is 0.216 e. The fraction of sp³-hybridized carbons (Fsp3) is 0.615. The van der Waals surface area contributed by atoms with Crippen molar-refractivity contribution in [2.24, 2.45) is 5.92 Å². The molecule has 1 aromatic rings. The molecule has 0 aliphatic heterocycles. The minimum atomic E-state index is 0.511. The zero-order chi connectivity index (χ0) is 12.0. The zero-order valence-corrected chi connectivity index (χ0v) is 10.6. The van der Waals surface area contributed by atoms with Crippen LogP contribution in [0.2, 0.25) is 0 Å². The lowest BCUT2D eigenvalue weighted by Gasteiger charge is -2.11. The first kappa shape index (κ1) is 12.8. The van der Waals surface area contributed by atoms with Gasteiger partial charge in [0.05, 0.1) is 19.4 Å². The smallest absolute Gasteiger partial charge is 0.216 e. The average molecular weight is 223 g/mol. The number of nitrogens with zero attached hydrogens (tertiary/aromatic N) is 1. The van der Waals surface area contributed by atoms with Crippen LogP contribution in [-0.2, 0) is 0 Å². The Labute approximate surface area is 97.8 Å². The number of hydrogen-bond donors (Lipinski definition) is 0. The predicted octanol–water partition coefficient (Wildman–Crippen LogP) is 3.21. The first-order valence-corrected chi connectivity index (χ1v) is 5.85. The van der Waals surface area contributed by atoms with E-state index >= 15 is 0 Å². The van der Waals surface area contributed by atoms with Crippen LogP contribution in [0, 0.1) is 12.8 Å². The van der Waals surface area contributed by atoms with Crippen molar-refractivity contribution in [3.63, 3.8) is 0 Å². The molecule has 3 heteroatoms. The number of ether oxygens (including phenoxy) is 2. The van der Waals surface area contributed by atoms with Crippen molar-refractivity contribution in [3.05, 3.63) is 17.8 Å².